The smallest absolute Gasteiger partial charge is 0.256 e. The number of anilines is 1. The first-order valence-corrected chi connectivity index (χ1v) is 9.54. The Labute approximate surface area is 174 Å². The molecule has 0 saturated carbocycles. The lowest BCUT2D eigenvalue weighted by Crippen LogP contribution is -2.06. The van der Waals surface area contributed by atoms with Crippen molar-refractivity contribution in [2.45, 2.75) is 13.8 Å². The monoisotopic (exact) mass is 406 g/mol. The molecular formula is C23H19ClN2O3. The summed E-state index contributed by atoms with van der Waals surface area (Å²) in [5.74, 6) is 0.305. The van der Waals surface area contributed by atoms with Gasteiger partial charge in [0.05, 0.1) is 16.3 Å². The molecule has 0 spiro atoms. The number of ether oxygens (including phenoxy) is 1. The van der Waals surface area contributed by atoms with Gasteiger partial charge in [-0.3, -0.25) is 14.6 Å². The topological polar surface area (TPSA) is 68.3 Å². The van der Waals surface area contributed by atoms with Crippen LogP contribution < -0.4 is 10.1 Å². The van der Waals surface area contributed by atoms with Gasteiger partial charge in [0.15, 0.2) is 5.78 Å². The van der Waals surface area contributed by atoms with Crippen LogP contribution in [0.5, 0.6) is 11.5 Å². The summed E-state index contributed by atoms with van der Waals surface area (Å²) in [4.78, 5) is 28.8. The van der Waals surface area contributed by atoms with Gasteiger partial charge in [-0.25, -0.2) is 0 Å². The number of nitrogens with zero attached hydrogens (tertiary/aromatic N) is 1. The van der Waals surface area contributed by atoms with Crippen LogP contribution >= 0.6 is 11.6 Å². The Morgan fingerprint density at radius 2 is 1.83 bits per heavy atom. The standard InChI is InChI=1S/C21H13ClN2O3.C2H6/c22-20-18(27-14-6-2-1-3-7-14)9-8-16-19(20)15(21(26)24-16)11-17(25)13-5-4-10-23-12-13;1-2/h1-12H,(H,24,26);1-2H3/b15-11+;. The zero-order valence-corrected chi connectivity index (χ0v) is 16.7. The van der Waals surface area contributed by atoms with Gasteiger partial charge in [0.2, 0.25) is 0 Å². The highest BCUT2D eigenvalue weighted by molar-refractivity contribution is 6.42. The van der Waals surface area contributed by atoms with Gasteiger partial charge in [0.25, 0.3) is 5.91 Å². The molecule has 29 heavy (non-hydrogen) atoms. The lowest BCUT2D eigenvalue weighted by molar-refractivity contribution is -0.110. The van der Waals surface area contributed by atoms with Crippen LogP contribution in [0.2, 0.25) is 5.02 Å². The molecule has 2 aromatic carbocycles. The van der Waals surface area contributed by atoms with Crippen molar-refractivity contribution in [1.82, 2.24) is 4.98 Å². The summed E-state index contributed by atoms with van der Waals surface area (Å²) in [6.45, 7) is 4.00. The van der Waals surface area contributed by atoms with Gasteiger partial charge in [-0.2, -0.15) is 0 Å². The van der Waals surface area contributed by atoms with Gasteiger partial charge in [-0.15, -0.1) is 0 Å². The minimum absolute atomic E-state index is 0.197. The van der Waals surface area contributed by atoms with Crippen molar-refractivity contribution >= 4 is 34.6 Å². The maximum absolute atomic E-state index is 12.5. The Bertz CT molecular complexity index is 1060. The first-order valence-electron chi connectivity index (χ1n) is 9.16. The van der Waals surface area contributed by atoms with Gasteiger partial charge in [-0.1, -0.05) is 43.6 Å². The van der Waals surface area contributed by atoms with Crippen molar-refractivity contribution in [2.24, 2.45) is 0 Å². The average Bonchev–Trinajstić information content (AvgIpc) is 3.09. The molecule has 3 aromatic rings. The molecule has 0 atom stereocenters. The molecule has 1 aromatic heterocycles. The van der Waals surface area contributed by atoms with Crippen LogP contribution in [-0.4, -0.2) is 16.7 Å². The van der Waals surface area contributed by atoms with Crippen molar-refractivity contribution in [1.29, 1.82) is 0 Å². The fraction of sp³-hybridized carbons (Fsp3) is 0.0870. The number of ketones is 1. The number of carbonyl (C=O) groups excluding carboxylic acids is 2. The van der Waals surface area contributed by atoms with E-state index in [0.717, 1.165) is 0 Å². The van der Waals surface area contributed by atoms with E-state index in [1.165, 1.54) is 12.3 Å². The van der Waals surface area contributed by atoms with Crippen molar-refractivity contribution in [2.75, 3.05) is 5.32 Å². The lowest BCUT2D eigenvalue weighted by Gasteiger charge is -2.10. The molecular weight excluding hydrogens is 388 g/mol. The number of fused-ring (bicyclic) bond motifs is 1. The second kappa shape index (κ2) is 9.17. The molecule has 0 bridgehead atoms. The van der Waals surface area contributed by atoms with Gasteiger partial charge in [-0.05, 0) is 42.5 Å². The van der Waals surface area contributed by atoms with E-state index in [-0.39, 0.29) is 22.3 Å². The molecule has 0 fully saturated rings. The van der Waals surface area contributed by atoms with Crippen molar-refractivity contribution in [3.05, 3.63) is 89.2 Å². The van der Waals surface area contributed by atoms with Gasteiger partial charge < -0.3 is 10.1 Å². The summed E-state index contributed by atoms with van der Waals surface area (Å²) in [7, 11) is 0. The third-order valence-corrected chi connectivity index (χ3v) is 4.44. The van der Waals surface area contributed by atoms with Crippen LogP contribution in [0.3, 0.4) is 0 Å². The molecule has 1 aliphatic rings. The van der Waals surface area contributed by atoms with E-state index in [9.17, 15) is 9.59 Å². The zero-order valence-electron chi connectivity index (χ0n) is 16.0. The maximum Gasteiger partial charge on any atom is 0.256 e. The Hall–Kier alpha value is -3.44. The molecule has 6 heteroatoms. The molecule has 1 amide bonds. The largest absolute Gasteiger partial charge is 0.456 e. The van der Waals surface area contributed by atoms with Crippen LogP contribution in [0, 0.1) is 0 Å². The zero-order chi connectivity index (χ0) is 20.8. The molecule has 5 nitrogen and oxygen atoms in total. The average molecular weight is 407 g/mol. The number of pyridine rings is 1. The lowest BCUT2D eigenvalue weighted by atomic mass is 10.0. The summed E-state index contributed by atoms with van der Waals surface area (Å²) in [5.41, 5.74) is 1.57. The predicted molar refractivity (Wildman–Crippen MR) is 114 cm³/mol. The molecule has 1 N–H and O–H groups in total. The fourth-order valence-corrected chi connectivity index (χ4v) is 3.09. The molecule has 0 aliphatic carbocycles. The number of halogens is 1. The Balaban J connectivity index is 0.00000117. The van der Waals surface area contributed by atoms with E-state index in [1.807, 2.05) is 32.0 Å². The fourth-order valence-electron chi connectivity index (χ4n) is 2.78. The Kier molecular flexibility index (Phi) is 6.42. The summed E-state index contributed by atoms with van der Waals surface area (Å²) < 4.78 is 5.81. The van der Waals surface area contributed by atoms with E-state index in [2.05, 4.69) is 10.3 Å². The number of hydrogen-bond donors (Lipinski definition) is 1. The summed E-state index contributed by atoms with van der Waals surface area (Å²) >= 11 is 6.51. The number of hydrogen-bond acceptors (Lipinski definition) is 4. The van der Waals surface area contributed by atoms with Gasteiger partial charge in [0, 0.05) is 23.5 Å². The summed E-state index contributed by atoms with van der Waals surface area (Å²) in [6, 6.07) is 15.9. The first-order chi connectivity index (χ1) is 14.1. The quantitative estimate of drug-likeness (QED) is 0.441. The van der Waals surface area contributed by atoms with E-state index < -0.39 is 0 Å². The molecule has 1 aliphatic heterocycles. The minimum atomic E-state index is -0.388. The third kappa shape index (κ3) is 4.36. The minimum Gasteiger partial charge on any atom is -0.456 e. The SMILES string of the molecule is CC.O=C1Nc2ccc(Oc3ccccc3)c(Cl)c2/C1=C\C(=O)c1cccnc1. The maximum atomic E-state index is 12.5. The number of aromatic nitrogens is 1. The van der Waals surface area contributed by atoms with Gasteiger partial charge >= 0.3 is 0 Å². The molecule has 0 radical (unpaired) electrons. The number of nitrogens with one attached hydrogen (secondary N) is 1. The summed E-state index contributed by atoms with van der Waals surface area (Å²) in [5, 5.41) is 2.98. The van der Waals surface area contributed by atoms with E-state index >= 15 is 0 Å². The first kappa shape index (κ1) is 20.3. The van der Waals surface area contributed by atoms with E-state index in [1.54, 1.807) is 42.6 Å². The van der Waals surface area contributed by atoms with Crippen molar-refractivity contribution < 1.29 is 14.3 Å². The Morgan fingerprint density at radius 3 is 2.52 bits per heavy atom. The number of carbonyl (C=O) groups is 2. The van der Waals surface area contributed by atoms with Crippen LogP contribution in [0.1, 0.15) is 29.8 Å². The van der Waals surface area contributed by atoms with E-state index in [4.69, 9.17) is 16.3 Å². The van der Waals surface area contributed by atoms with Crippen molar-refractivity contribution in [3.8, 4) is 11.5 Å². The third-order valence-electron chi connectivity index (χ3n) is 4.06. The van der Waals surface area contributed by atoms with Crippen LogP contribution in [0.15, 0.2) is 73.1 Å². The second-order valence-electron chi connectivity index (χ2n) is 5.83. The molecule has 2 heterocycles. The summed E-state index contributed by atoms with van der Waals surface area (Å²) in [6.07, 6.45) is 4.30. The van der Waals surface area contributed by atoms with Crippen LogP contribution in [0.4, 0.5) is 5.69 Å². The number of rotatable bonds is 4. The highest BCUT2D eigenvalue weighted by Crippen LogP contribution is 2.43. The number of amides is 1. The molecule has 146 valence electrons. The van der Waals surface area contributed by atoms with Crippen LogP contribution in [-0.2, 0) is 4.79 Å². The molecule has 0 unspecified atom stereocenters. The second-order valence-corrected chi connectivity index (χ2v) is 6.21. The number of para-hydroxylation sites is 1. The normalized spacial score (nSPS) is 13.2. The highest BCUT2D eigenvalue weighted by atomic mass is 35.5. The Morgan fingerprint density at radius 1 is 1.07 bits per heavy atom. The predicted octanol–water partition coefficient (Wildman–Crippen LogP) is 5.77. The van der Waals surface area contributed by atoms with Crippen molar-refractivity contribution in [3.63, 3.8) is 0 Å². The number of allylic oxidation sites excluding steroid dienone is 1. The molecule has 4 rings (SSSR count). The van der Waals surface area contributed by atoms with Gasteiger partial charge in [0.1, 0.15) is 11.5 Å². The van der Waals surface area contributed by atoms with E-state index in [0.29, 0.717) is 28.3 Å². The molecule has 0 saturated heterocycles. The van der Waals surface area contributed by atoms with Crippen LogP contribution in [0.25, 0.3) is 5.57 Å². The number of benzene rings is 2. The highest BCUT2D eigenvalue weighted by Gasteiger charge is 2.29.